The molecule has 0 heterocycles. The molecule has 2 radical (unpaired) electrons. The molecule has 0 saturated carbocycles. The first-order valence-electron chi connectivity index (χ1n) is 1.44. The number of alkyl halides is 1. The Morgan fingerprint density at radius 3 is 2.17 bits per heavy atom. The number of allylic oxidation sites excluding steroid dienone is 1. The van der Waals surface area contributed by atoms with E-state index in [-0.39, 0.29) is 6.33 Å². The van der Waals surface area contributed by atoms with Gasteiger partial charge in [0.15, 0.2) is 0 Å². The fourth-order valence-corrected chi connectivity index (χ4v) is 0.0695. The first kappa shape index (κ1) is 5.66. The smallest absolute Gasteiger partial charge is 0.122 e. The molecule has 0 aromatic heterocycles. The van der Waals surface area contributed by atoms with Crippen molar-refractivity contribution >= 4 is 7.85 Å². The standard InChI is InChI=1S/C3H3BF2/c4-3(6)1-2-5/h1-3H. The summed E-state index contributed by atoms with van der Waals surface area (Å²) >= 11 is 0. The van der Waals surface area contributed by atoms with Gasteiger partial charge in [0.25, 0.3) is 0 Å². The number of hydrogen-bond donors (Lipinski definition) is 0. The van der Waals surface area contributed by atoms with Crippen molar-refractivity contribution in [2.24, 2.45) is 0 Å². The molecule has 1 atom stereocenters. The highest BCUT2D eigenvalue weighted by Gasteiger charge is 1.83. The maximum absolute atomic E-state index is 11.2. The summed E-state index contributed by atoms with van der Waals surface area (Å²) in [6.45, 7) is 0. The van der Waals surface area contributed by atoms with E-state index in [2.05, 4.69) is 7.85 Å². The lowest BCUT2D eigenvalue weighted by atomic mass is 10.0. The van der Waals surface area contributed by atoms with Gasteiger partial charge in [-0.3, -0.25) is 4.39 Å². The minimum Gasteiger partial charge on any atom is -0.254 e. The quantitative estimate of drug-likeness (QED) is 0.418. The van der Waals surface area contributed by atoms with Crippen molar-refractivity contribution in [1.82, 2.24) is 0 Å². The third-order valence-electron chi connectivity index (χ3n) is 0.257. The highest BCUT2D eigenvalue weighted by molar-refractivity contribution is 6.12. The van der Waals surface area contributed by atoms with Crippen molar-refractivity contribution in [2.75, 3.05) is 0 Å². The molecule has 0 saturated heterocycles. The van der Waals surface area contributed by atoms with Gasteiger partial charge >= 0.3 is 0 Å². The van der Waals surface area contributed by atoms with Gasteiger partial charge in [-0.15, -0.1) is 0 Å². The Kier molecular flexibility index (Phi) is 2.72. The molecule has 0 fully saturated rings. The van der Waals surface area contributed by atoms with Crippen LogP contribution in [0.4, 0.5) is 8.78 Å². The van der Waals surface area contributed by atoms with Gasteiger partial charge < -0.3 is 0 Å². The molecule has 6 heavy (non-hydrogen) atoms. The summed E-state index contributed by atoms with van der Waals surface area (Å²) in [6, 6.07) is 0. The molecule has 3 heteroatoms. The van der Waals surface area contributed by atoms with E-state index in [9.17, 15) is 8.78 Å². The maximum atomic E-state index is 11.2. The van der Waals surface area contributed by atoms with E-state index in [0.717, 1.165) is 0 Å². The van der Waals surface area contributed by atoms with Crippen LogP contribution in [0.3, 0.4) is 0 Å². The van der Waals surface area contributed by atoms with E-state index in [0.29, 0.717) is 6.08 Å². The highest BCUT2D eigenvalue weighted by atomic mass is 19.1. The van der Waals surface area contributed by atoms with Crippen LogP contribution in [0.15, 0.2) is 12.4 Å². The van der Waals surface area contributed by atoms with Gasteiger partial charge in [-0.05, 0) is 6.08 Å². The van der Waals surface area contributed by atoms with E-state index >= 15 is 0 Å². The third kappa shape index (κ3) is 3.66. The molecule has 0 aromatic rings. The molecule has 0 N–H and O–H groups in total. The average Bonchev–Trinajstić information content (AvgIpc) is 1.35. The van der Waals surface area contributed by atoms with Crippen molar-refractivity contribution < 1.29 is 8.78 Å². The lowest BCUT2D eigenvalue weighted by molar-refractivity contribution is 0.505. The van der Waals surface area contributed by atoms with Crippen molar-refractivity contribution in [3.05, 3.63) is 12.4 Å². The number of hydrogen-bond acceptors (Lipinski definition) is 0. The summed E-state index contributed by atoms with van der Waals surface area (Å²) in [5.41, 5.74) is 0. The second-order valence-corrected chi connectivity index (χ2v) is 0.763. The summed E-state index contributed by atoms with van der Waals surface area (Å²) in [5.74, 6) is 0. The molecule has 1 unspecified atom stereocenters. The fraction of sp³-hybridized carbons (Fsp3) is 0.333. The van der Waals surface area contributed by atoms with Gasteiger partial charge in [-0.1, -0.05) is 0 Å². The van der Waals surface area contributed by atoms with E-state index in [1.807, 2.05) is 0 Å². The van der Waals surface area contributed by atoms with Crippen LogP contribution in [-0.4, -0.2) is 13.9 Å². The summed E-state index contributed by atoms with van der Waals surface area (Å²) in [4.78, 5) is 0. The third-order valence-corrected chi connectivity index (χ3v) is 0.257. The fourth-order valence-electron chi connectivity index (χ4n) is 0.0695. The zero-order valence-corrected chi connectivity index (χ0v) is 3.07. The largest absolute Gasteiger partial charge is 0.254 e. The van der Waals surface area contributed by atoms with Gasteiger partial charge in [0.1, 0.15) is 7.85 Å². The van der Waals surface area contributed by atoms with Crippen molar-refractivity contribution in [2.45, 2.75) is 6.07 Å². The van der Waals surface area contributed by atoms with Crippen LogP contribution < -0.4 is 0 Å². The average molecular weight is 87.9 g/mol. The van der Waals surface area contributed by atoms with Crippen LogP contribution in [0.25, 0.3) is 0 Å². The molecule has 0 nitrogen and oxygen atoms in total. The zero-order chi connectivity index (χ0) is 4.99. The van der Waals surface area contributed by atoms with Crippen molar-refractivity contribution in [3.63, 3.8) is 0 Å². The highest BCUT2D eigenvalue weighted by Crippen LogP contribution is 1.83. The zero-order valence-electron chi connectivity index (χ0n) is 3.07. The van der Waals surface area contributed by atoms with Crippen LogP contribution >= 0.6 is 0 Å². The minimum absolute atomic E-state index is 0.0741. The molecule has 0 amide bonds. The second kappa shape index (κ2) is 2.88. The Labute approximate surface area is 36.3 Å². The molecular weight excluding hydrogens is 84.8 g/mol. The summed E-state index contributed by atoms with van der Waals surface area (Å²) < 4.78 is 21.9. The SMILES string of the molecule is [B]C(F)C=CF. The van der Waals surface area contributed by atoms with Gasteiger partial charge in [-0.25, -0.2) is 4.39 Å². The molecule has 0 aliphatic carbocycles. The lowest BCUT2D eigenvalue weighted by Crippen LogP contribution is -1.88. The first-order valence-corrected chi connectivity index (χ1v) is 1.44. The van der Waals surface area contributed by atoms with Crippen LogP contribution in [0.5, 0.6) is 0 Å². The summed E-state index contributed by atoms with van der Waals surface area (Å²) in [5, 5.41) is 0. The molecule has 0 aromatic carbocycles. The normalized spacial score (nSPS) is 15.7. The molecule has 32 valence electrons. The topological polar surface area (TPSA) is 0 Å². The van der Waals surface area contributed by atoms with Gasteiger partial charge in [0, 0.05) is 0 Å². The first-order chi connectivity index (χ1) is 2.77. The predicted molar refractivity (Wildman–Crippen MR) is 20.9 cm³/mol. The van der Waals surface area contributed by atoms with E-state index in [4.69, 9.17) is 0 Å². The van der Waals surface area contributed by atoms with Crippen LogP contribution in [0, 0.1) is 0 Å². The van der Waals surface area contributed by atoms with Gasteiger partial charge in [-0.2, -0.15) is 0 Å². The Morgan fingerprint density at radius 1 is 1.67 bits per heavy atom. The van der Waals surface area contributed by atoms with E-state index < -0.39 is 6.07 Å². The van der Waals surface area contributed by atoms with Crippen LogP contribution in [-0.2, 0) is 0 Å². The number of rotatable bonds is 1. The van der Waals surface area contributed by atoms with E-state index in [1.54, 1.807) is 0 Å². The Hall–Kier alpha value is -0.335. The van der Waals surface area contributed by atoms with Crippen LogP contribution in [0.1, 0.15) is 0 Å². The van der Waals surface area contributed by atoms with Crippen molar-refractivity contribution in [1.29, 1.82) is 0 Å². The summed E-state index contributed by atoms with van der Waals surface area (Å²) in [6.07, 6.45) is -0.972. The van der Waals surface area contributed by atoms with Gasteiger partial charge in [0.05, 0.1) is 12.4 Å². The summed E-state index contributed by atoms with van der Waals surface area (Å²) in [7, 11) is 4.41. The lowest BCUT2D eigenvalue weighted by Gasteiger charge is -1.81. The second-order valence-electron chi connectivity index (χ2n) is 0.763. The monoisotopic (exact) mass is 88.0 g/mol. The van der Waals surface area contributed by atoms with Crippen molar-refractivity contribution in [3.8, 4) is 0 Å². The van der Waals surface area contributed by atoms with Crippen LogP contribution in [0.2, 0.25) is 0 Å². The molecule has 0 bridgehead atoms. The predicted octanol–water partition coefficient (Wildman–Crippen LogP) is 0.934. The van der Waals surface area contributed by atoms with E-state index in [1.165, 1.54) is 0 Å². The molecule has 0 spiro atoms. The Balaban J connectivity index is 3.03. The van der Waals surface area contributed by atoms with Gasteiger partial charge in [0.2, 0.25) is 0 Å². The molecule has 0 rings (SSSR count). The Morgan fingerprint density at radius 2 is 2.17 bits per heavy atom. The minimum atomic E-state index is -1.66. The molecule has 0 aliphatic rings. The number of halogens is 2. The Bertz CT molecular complexity index is 50.8. The molecular formula is C3H3BF2. The molecule has 0 aliphatic heterocycles. The maximum Gasteiger partial charge on any atom is 0.122 e.